The lowest BCUT2D eigenvalue weighted by atomic mass is 10.2. The average Bonchev–Trinajstić information content (AvgIpc) is 2.76. The number of ether oxygens (including phenoxy) is 6. The van der Waals surface area contributed by atoms with Crippen molar-refractivity contribution in [2.24, 2.45) is 5.11 Å². The van der Waals surface area contributed by atoms with E-state index < -0.39 is 21.3 Å². The molecular formula is C39H109N3O16S13. The van der Waals surface area contributed by atoms with Crippen LogP contribution >= 0.6 is 162 Å². The molecule has 0 atom stereocenters. The van der Waals surface area contributed by atoms with E-state index in [9.17, 15) is 33.0 Å². The van der Waals surface area contributed by atoms with Gasteiger partial charge in [0.2, 0.25) is 0 Å². The van der Waals surface area contributed by atoms with Gasteiger partial charge in [-0.3, -0.25) is 24.0 Å². The van der Waals surface area contributed by atoms with Gasteiger partial charge in [0, 0.05) is 57.2 Å². The molecule has 0 aliphatic heterocycles. The molecule has 454 valence electrons. The zero-order valence-electron chi connectivity index (χ0n) is 45.4. The summed E-state index contributed by atoms with van der Waals surface area (Å²) in [5.74, 6) is -1.12. The van der Waals surface area contributed by atoms with Crippen LogP contribution in [0.15, 0.2) is 5.11 Å². The third-order valence-electron chi connectivity index (χ3n) is 2.98. The van der Waals surface area contributed by atoms with E-state index in [1.807, 2.05) is 104 Å². The van der Waals surface area contributed by atoms with Crippen LogP contribution in [0.3, 0.4) is 0 Å². The second-order valence-electron chi connectivity index (χ2n) is 17.9. The first kappa shape index (κ1) is 139. The Bertz CT molecular complexity index is 1210. The van der Waals surface area contributed by atoms with Crippen LogP contribution in [0.2, 0.25) is 0 Å². The van der Waals surface area contributed by atoms with Gasteiger partial charge in [-0.2, -0.15) is 162 Å². The average molecular weight is 1290 g/mol. The number of carbonyl (C=O) groups is 6. The predicted octanol–water partition coefficient (Wildman–Crippen LogP) is 11.5. The van der Waals surface area contributed by atoms with Crippen molar-refractivity contribution in [1.82, 2.24) is 0 Å². The number of amides is 1. The van der Waals surface area contributed by atoms with Gasteiger partial charge in [0.1, 0.15) is 43.2 Å². The SMILES string of the molecule is C.C.CC(=O)OC(C)(C)C.CC(=O)OC(C)(C)C.CC(=O)OC(C)(C)C.CC(=O)OC(C)(C)C.CC(=O)OC(C)(C)C.CC(C)(C)OC(=O)N=[N+]=[N-].CS(C)(=O)(O)OO.S.S.S.S.S.S.S.S.S.S.S.S. The minimum atomic E-state index is -4.06. The summed E-state index contributed by atoms with van der Waals surface area (Å²) in [6, 6.07) is 0. The van der Waals surface area contributed by atoms with E-state index in [1.165, 1.54) is 34.6 Å². The number of esters is 5. The normalized spacial score (nSPS) is 9.37. The molecule has 0 bridgehead atoms. The van der Waals surface area contributed by atoms with Crippen molar-refractivity contribution in [2.75, 3.05) is 12.5 Å². The fourth-order valence-corrected chi connectivity index (χ4v) is 2.47. The Morgan fingerprint density at radius 3 is 0.549 bits per heavy atom. The Hall–Kier alpha value is 0.360. The number of azide groups is 1. The van der Waals surface area contributed by atoms with E-state index in [0.717, 1.165) is 12.5 Å². The first-order chi connectivity index (χ1) is 24.3. The maximum atomic E-state index is 10.4. The Morgan fingerprint density at radius 1 is 0.394 bits per heavy atom. The highest BCUT2D eigenvalue weighted by atomic mass is 32.3. The van der Waals surface area contributed by atoms with Crippen molar-refractivity contribution in [2.45, 2.75) is 208 Å². The van der Waals surface area contributed by atoms with E-state index >= 15 is 0 Å². The zero-order chi connectivity index (χ0) is 48.3. The molecule has 0 aliphatic rings. The summed E-state index contributed by atoms with van der Waals surface area (Å²) < 4.78 is 50.5. The van der Waals surface area contributed by atoms with E-state index in [4.69, 9.17) is 39.0 Å². The van der Waals surface area contributed by atoms with E-state index in [-0.39, 0.29) is 235 Å². The summed E-state index contributed by atoms with van der Waals surface area (Å²) in [7, 11) is -4.06. The molecule has 0 fully saturated rings. The summed E-state index contributed by atoms with van der Waals surface area (Å²) in [6.07, 6.45) is 0.906. The van der Waals surface area contributed by atoms with E-state index in [1.54, 1.807) is 20.8 Å². The van der Waals surface area contributed by atoms with Gasteiger partial charge in [-0.15, -0.1) is 4.33 Å². The molecule has 19 nitrogen and oxygen atoms in total. The van der Waals surface area contributed by atoms with E-state index in [0.29, 0.717) is 0 Å². The van der Waals surface area contributed by atoms with Gasteiger partial charge in [0.15, 0.2) is 0 Å². The lowest BCUT2D eigenvalue weighted by Crippen LogP contribution is -2.29. The zero-order valence-corrected chi connectivity index (χ0v) is 58.2. The van der Waals surface area contributed by atoms with Crippen molar-refractivity contribution < 1.29 is 75.5 Å². The standard InChI is InChI=1S/5C6H12O2.C5H9N3O2.C2H8O4S.2CH4.12H2S/c5*1-5(7)8-6(2,3)4;1-5(2,3)10-4(9)7-8-6;1-7(2,4,5)6-3;;;;;;;;;;;;;;/h5*1-4H3;1-3H3;3H,1-2H3,(H,4,5);2*1H4;12*1H2. The molecule has 0 aromatic heterocycles. The summed E-state index contributed by atoms with van der Waals surface area (Å²) in [4.78, 5) is 63.9. The summed E-state index contributed by atoms with van der Waals surface area (Å²) in [5, 5.41) is 10.4. The minimum Gasteiger partial charge on any atom is -0.460 e. The van der Waals surface area contributed by atoms with Gasteiger partial charge < -0.3 is 33.0 Å². The van der Waals surface area contributed by atoms with Crippen LogP contribution in [0.25, 0.3) is 10.4 Å². The topological polar surface area (TPSA) is 273 Å². The van der Waals surface area contributed by atoms with Crippen LogP contribution < -0.4 is 0 Å². The molecule has 1 amide bonds. The van der Waals surface area contributed by atoms with Crippen molar-refractivity contribution in [3.05, 3.63) is 10.4 Å². The van der Waals surface area contributed by atoms with Crippen LogP contribution in [-0.2, 0) is 66.4 Å². The third-order valence-corrected chi connectivity index (χ3v) is 3.41. The van der Waals surface area contributed by atoms with Crippen molar-refractivity contribution >= 4 is 208 Å². The number of nitrogens with zero attached hydrogens (tertiary/aromatic N) is 3. The highest BCUT2D eigenvalue weighted by Crippen LogP contribution is 2.10. The van der Waals surface area contributed by atoms with Crippen molar-refractivity contribution in [3.8, 4) is 0 Å². The Morgan fingerprint density at radius 2 is 0.507 bits per heavy atom. The molecule has 0 saturated heterocycles. The van der Waals surface area contributed by atoms with Crippen LogP contribution in [0.5, 0.6) is 0 Å². The molecule has 0 rings (SSSR count). The fourth-order valence-electron chi connectivity index (χ4n) is 2.47. The molecule has 2 N–H and O–H groups in total. The molecule has 0 unspecified atom stereocenters. The Kier molecular flexibility index (Phi) is 123. The van der Waals surface area contributed by atoms with Gasteiger partial charge in [0.05, 0.1) is 0 Å². The summed E-state index contributed by atoms with van der Waals surface area (Å²) in [6.45, 7) is 39.7. The largest absolute Gasteiger partial charge is 0.460 e. The smallest absolute Gasteiger partial charge is 0.397 e. The molecule has 0 radical (unpaired) electrons. The van der Waals surface area contributed by atoms with Crippen molar-refractivity contribution in [1.29, 1.82) is 0 Å². The van der Waals surface area contributed by atoms with Crippen LogP contribution in [0.4, 0.5) is 4.79 Å². The Balaban J connectivity index is -0.0000000210. The van der Waals surface area contributed by atoms with E-state index in [2.05, 4.69) is 19.1 Å². The molecular weight excluding hydrogens is 1180 g/mol. The number of carbonyl (C=O) groups excluding carboxylic acids is 6. The van der Waals surface area contributed by atoms with Gasteiger partial charge >= 0.3 is 35.9 Å². The second-order valence-corrected chi connectivity index (χ2v) is 21.4. The fraction of sp³-hybridized carbons (Fsp3) is 0.846. The third kappa shape index (κ3) is 236. The highest BCUT2D eigenvalue weighted by molar-refractivity contribution is 8.09. The maximum absolute atomic E-state index is 10.4. The number of hydrogen-bond donors (Lipinski definition) is 2. The lowest BCUT2D eigenvalue weighted by Gasteiger charge is -2.20. The van der Waals surface area contributed by atoms with Gasteiger partial charge in [-0.05, 0) is 130 Å². The number of rotatable bonds is 1. The molecule has 0 heterocycles. The van der Waals surface area contributed by atoms with Crippen LogP contribution in [0.1, 0.15) is 174 Å². The quantitative estimate of drug-likeness (QED) is 0.0470. The second kappa shape index (κ2) is 62.9. The summed E-state index contributed by atoms with van der Waals surface area (Å²) in [5.41, 5.74) is 5.56. The maximum Gasteiger partial charge on any atom is 0.397 e. The van der Waals surface area contributed by atoms with Crippen molar-refractivity contribution in [3.63, 3.8) is 0 Å². The molecule has 0 aromatic rings. The van der Waals surface area contributed by atoms with Gasteiger partial charge in [-0.25, -0.2) is 14.3 Å². The first-order valence-corrected chi connectivity index (χ1v) is 20.0. The van der Waals surface area contributed by atoms with Gasteiger partial charge in [-0.1, -0.05) is 14.9 Å². The first-order valence-electron chi connectivity index (χ1n) is 17.3. The monoisotopic (exact) mass is 1290 g/mol. The number of hydrogen-bond acceptors (Lipinski definition) is 15. The van der Waals surface area contributed by atoms with Crippen LogP contribution in [-0.4, -0.2) is 96.1 Å². The predicted molar refractivity (Wildman–Crippen MR) is 357 cm³/mol. The minimum absolute atomic E-state index is 0. The van der Waals surface area contributed by atoms with Gasteiger partial charge in [0.25, 0.3) is 0 Å². The summed E-state index contributed by atoms with van der Waals surface area (Å²) >= 11 is 0. The lowest BCUT2D eigenvalue weighted by molar-refractivity contribution is -0.153. The highest BCUT2D eigenvalue weighted by Gasteiger charge is 2.19. The molecule has 32 heteroatoms. The molecule has 0 aliphatic carbocycles. The Labute approximate surface area is 514 Å². The van der Waals surface area contributed by atoms with Crippen LogP contribution in [0, 0.1) is 0 Å². The molecule has 0 spiro atoms. The molecule has 0 aromatic carbocycles. The molecule has 71 heavy (non-hydrogen) atoms. The molecule has 0 saturated carbocycles.